The molecule has 3 heterocycles. The van der Waals surface area contributed by atoms with Gasteiger partial charge in [-0.3, -0.25) is 0 Å². The molecule has 2 aliphatic rings. The van der Waals surface area contributed by atoms with Crippen LogP contribution < -0.4 is 16.0 Å². The van der Waals surface area contributed by atoms with Gasteiger partial charge in [-0.25, -0.2) is 9.48 Å². The minimum atomic E-state index is -0.407. The van der Waals surface area contributed by atoms with E-state index >= 15 is 0 Å². The number of hydrogen-bond acceptors (Lipinski definition) is 6. The molecule has 0 aromatic carbocycles. The third-order valence-electron chi connectivity index (χ3n) is 4.61. The fourth-order valence-corrected chi connectivity index (χ4v) is 3.53. The van der Waals surface area contributed by atoms with Crippen molar-refractivity contribution in [1.29, 1.82) is 0 Å². The van der Waals surface area contributed by atoms with Gasteiger partial charge in [0.05, 0.1) is 7.11 Å². The number of aromatic nitrogens is 2. The lowest BCUT2D eigenvalue weighted by atomic mass is 9.92. The summed E-state index contributed by atoms with van der Waals surface area (Å²) in [6.45, 7) is 5.48. The van der Waals surface area contributed by atoms with E-state index in [0.717, 1.165) is 26.1 Å². The Morgan fingerprint density at radius 3 is 3.05 bits per heavy atom. The van der Waals surface area contributed by atoms with Crippen LogP contribution in [0.3, 0.4) is 0 Å². The molecular weight excluding hydrogens is 270 g/mol. The van der Waals surface area contributed by atoms with Crippen LogP contribution >= 0.6 is 0 Å². The largest absolute Gasteiger partial charge is 0.465 e. The Labute approximate surface area is 124 Å². The molecule has 7 heteroatoms. The van der Waals surface area contributed by atoms with E-state index in [1.165, 1.54) is 13.5 Å². The molecule has 21 heavy (non-hydrogen) atoms. The fraction of sp³-hybridized carbons (Fsp3) is 0.714. The molecule has 116 valence electrons. The molecule has 0 saturated carbocycles. The molecule has 2 fully saturated rings. The zero-order valence-electron chi connectivity index (χ0n) is 12.6. The Morgan fingerprint density at radius 2 is 2.33 bits per heavy atom. The van der Waals surface area contributed by atoms with E-state index in [2.05, 4.69) is 15.3 Å². The molecule has 3 rings (SSSR count). The van der Waals surface area contributed by atoms with Crippen molar-refractivity contribution in [2.75, 3.05) is 37.4 Å². The normalized spacial score (nSPS) is 25.0. The maximum atomic E-state index is 12.1. The van der Waals surface area contributed by atoms with E-state index in [-0.39, 0.29) is 0 Å². The van der Waals surface area contributed by atoms with Crippen LogP contribution in [0.4, 0.5) is 11.6 Å². The summed E-state index contributed by atoms with van der Waals surface area (Å²) in [5.41, 5.74) is 6.50. The summed E-state index contributed by atoms with van der Waals surface area (Å²) in [7, 11) is 1.38. The van der Waals surface area contributed by atoms with Crippen LogP contribution in [0.5, 0.6) is 0 Å². The molecule has 1 aromatic rings. The van der Waals surface area contributed by atoms with Crippen molar-refractivity contribution in [2.24, 2.45) is 5.92 Å². The Bertz CT molecular complexity index is 542. The average Bonchev–Trinajstić information content (AvgIpc) is 3.10. The summed E-state index contributed by atoms with van der Waals surface area (Å²) in [4.78, 5) is 14.4. The zero-order chi connectivity index (χ0) is 15.0. The van der Waals surface area contributed by atoms with Gasteiger partial charge in [0.2, 0.25) is 0 Å². The van der Waals surface area contributed by atoms with E-state index in [4.69, 9.17) is 10.5 Å². The van der Waals surface area contributed by atoms with Crippen molar-refractivity contribution >= 4 is 17.6 Å². The number of nitrogens with two attached hydrogens (primary N) is 1. The topological polar surface area (TPSA) is 85.4 Å². The summed E-state index contributed by atoms with van der Waals surface area (Å²) < 4.78 is 6.58. The minimum Gasteiger partial charge on any atom is -0.465 e. The van der Waals surface area contributed by atoms with Crippen molar-refractivity contribution in [3.05, 3.63) is 5.56 Å². The van der Waals surface area contributed by atoms with E-state index in [1.807, 2.05) is 6.92 Å². The van der Waals surface area contributed by atoms with Crippen molar-refractivity contribution in [2.45, 2.75) is 32.4 Å². The van der Waals surface area contributed by atoms with E-state index in [1.54, 1.807) is 4.68 Å². The second-order valence-corrected chi connectivity index (χ2v) is 5.71. The van der Waals surface area contributed by atoms with E-state index in [9.17, 15) is 4.79 Å². The summed E-state index contributed by atoms with van der Waals surface area (Å²) in [5, 5.41) is 8.01. The first-order chi connectivity index (χ1) is 10.2. The standard InChI is InChI=1S/C14H23N5O2/c1-3-19-12(15)11(14(20)21-2)13(17-19)18-6-4-5-9-7-16-8-10(9)18/h9-10,16H,3-8,15H2,1-2H3. The Kier molecular flexibility index (Phi) is 3.75. The number of esters is 1. The molecular formula is C14H23N5O2. The molecule has 1 aromatic heterocycles. The number of nitrogen functional groups attached to an aromatic ring is 1. The lowest BCUT2D eigenvalue weighted by Crippen LogP contribution is -2.46. The molecule has 2 unspecified atom stereocenters. The van der Waals surface area contributed by atoms with E-state index in [0.29, 0.717) is 35.7 Å². The van der Waals surface area contributed by atoms with Crippen molar-refractivity contribution in [3.8, 4) is 0 Å². The summed E-state index contributed by atoms with van der Waals surface area (Å²) in [6.07, 6.45) is 2.34. The van der Waals surface area contributed by atoms with Gasteiger partial charge in [-0.15, -0.1) is 0 Å². The molecule has 7 nitrogen and oxygen atoms in total. The molecule has 2 aliphatic heterocycles. The number of ether oxygens (including phenoxy) is 1. The maximum Gasteiger partial charge on any atom is 0.345 e. The van der Waals surface area contributed by atoms with Crippen LogP contribution in [-0.4, -0.2) is 48.5 Å². The van der Waals surface area contributed by atoms with Crippen LogP contribution in [0.2, 0.25) is 0 Å². The number of piperidine rings is 1. The van der Waals surface area contributed by atoms with Gasteiger partial charge in [0.1, 0.15) is 11.4 Å². The molecule has 0 amide bonds. The maximum absolute atomic E-state index is 12.1. The third kappa shape index (κ3) is 2.25. The van der Waals surface area contributed by atoms with Crippen molar-refractivity contribution in [1.82, 2.24) is 15.1 Å². The highest BCUT2D eigenvalue weighted by Gasteiger charge is 2.38. The predicted octanol–water partition coefficient (Wildman–Crippen LogP) is 0.460. The Morgan fingerprint density at radius 1 is 1.52 bits per heavy atom. The highest BCUT2D eigenvalue weighted by atomic mass is 16.5. The Balaban J connectivity index is 2.02. The fourth-order valence-electron chi connectivity index (χ4n) is 3.53. The minimum absolute atomic E-state index is 0.391. The summed E-state index contributed by atoms with van der Waals surface area (Å²) in [6, 6.07) is 0.391. The van der Waals surface area contributed by atoms with Gasteiger partial charge in [0.15, 0.2) is 5.82 Å². The number of hydrogen-bond donors (Lipinski definition) is 2. The third-order valence-corrected chi connectivity index (χ3v) is 4.61. The summed E-state index contributed by atoms with van der Waals surface area (Å²) >= 11 is 0. The Hall–Kier alpha value is -1.76. The molecule has 3 N–H and O–H groups in total. The van der Waals surface area contributed by atoms with Gasteiger partial charge in [-0.05, 0) is 25.7 Å². The van der Waals surface area contributed by atoms with Crippen LogP contribution in [0.25, 0.3) is 0 Å². The first-order valence-corrected chi connectivity index (χ1v) is 7.59. The second kappa shape index (κ2) is 5.55. The highest BCUT2D eigenvalue weighted by Crippen LogP contribution is 2.34. The molecule has 2 atom stereocenters. The first kappa shape index (κ1) is 14.2. The number of rotatable bonds is 3. The molecule has 0 spiro atoms. The monoisotopic (exact) mass is 293 g/mol. The quantitative estimate of drug-likeness (QED) is 0.788. The molecule has 2 saturated heterocycles. The number of methoxy groups -OCH3 is 1. The average molecular weight is 293 g/mol. The number of aryl methyl sites for hydroxylation is 1. The van der Waals surface area contributed by atoms with Gasteiger partial charge in [-0.1, -0.05) is 0 Å². The molecule has 0 radical (unpaired) electrons. The van der Waals surface area contributed by atoms with Gasteiger partial charge in [-0.2, -0.15) is 5.10 Å². The molecule has 0 aliphatic carbocycles. The number of carbonyl (C=O) groups is 1. The predicted molar refractivity (Wildman–Crippen MR) is 80.4 cm³/mol. The lowest BCUT2D eigenvalue weighted by molar-refractivity contribution is 0.0602. The van der Waals surface area contributed by atoms with Crippen LogP contribution in [0.15, 0.2) is 0 Å². The number of nitrogens with one attached hydrogen (secondary N) is 1. The van der Waals surface area contributed by atoms with Gasteiger partial charge >= 0.3 is 5.97 Å². The SMILES string of the molecule is CCn1nc(N2CCCC3CNCC32)c(C(=O)OC)c1N. The van der Waals surface area contributed by atoms with Gasteiger partial charge in [0, 0.05) is 32.2 Å². The zero-order valence-corrected chi connectivity index (χ0v) is 12.6. The smallest absolute Gasteiger partial charge is 0.345 e. The molecule has 0 bridgehead atoms. The van der Waals surface area contributed by atoms with Crippen LogP contribution in [0, 0.1) is 5.92 Å². The summed E-state index contributed by atoms with van der Waals surface area (Å²) in [5.74, 6) is 1.29. The van der Waals surface area contributed by atoms with Gasteiger partial charge in [0.25, 0.3) is 0 Å². The number of carbonyl (C=O) groups excluding carboxylic acids is 1. The van der Waals surface area contributed by atoms with Crippen molar-refractivity contribution in [3.63, 3.8) is 0 Å². The lowest BCUT2D eigenvalue weighted by Gasteiger charge is -2.37. The van der Waals surface area contributed by atoms with E-state index < -0.39 is 5.97 Å². The second-order valence-electron chi connectivity index (χ2n) is 5.71. The van der Waals surface area contributed by atoms with Crippen molar-refractivity contribution < 1.29 is 9.53 Å². The number of nitrogens with zero attached hydrogens (tertiary/aromatic N) is 3. The van der Waals surface area contributed by atoms with Gasteiger partial charge < -0.3 is 20.7 Å². The number of fused-ring (bicyclic) bond motifs is 1. The number of anilines is 2. The van der Waals surface area contributed by atoms with Crippen LogP contribution in [-0.2, 0) is 11.3 Å². The first-order valence-electron chi connectivity index (χ1n) is 7.59. The van der Waals surface area contributed by atoms with Crippen LogP contribution in [0.1, 0.15) is 30.1 Å². The highest BCUT2D eigenvalue weighted by molar-refractivity contribution is 5.99.